The van der Waals surface area contributed by atoms with Crippen molar-refractivity contribution in [1.29, 1.82) is 0 Å². The number of nitrogens with two attached hydrogens (primary N) is 1. The monoisotopic (exact) mass is 179 g/mol. The van der Waals surface area contributed by atoms with E-state index in [0.717, 1.165) is 4.68 Å². The molecule has 0 saturated carbocycles. The molecule has 0 atom stereocenters. The van der Waals surface area contributed by atoms with Gasteiger partial charge in [-0.1, -0.05) is 3.89 Å². The number of nitrogens with zero attached hydrogens (tertiary/aromatic N) is 2. The largest absolute Gasteiger partial charge is 0.395 e. The van der Waals surface area contributed by atoms with Crippen LogP contribution in [-0.4, -0.2) is 18.2 Å². The standard InChI is InChI=1S/C4H6FN3O2S/c1-8-2-3(6)4(7-8)11(5,9)10/h2H,6H2,1H3. The topological polar surface area (TPSA) is 78.0 Å². The molecule has 2 N–H and O–H groups in total. The van der Waals surface area contributed by atoms with Gasteiger partial charge >= 0.3 is 10.2 Å². The van der Waals surface area contributed by atoms with E-state index < -0.39 is 15.2 Å². The quantitative estimate of drug-likeness (QED) is 0.598. The summed E-state index contributed by atoms with van der Waals surface area (Å²) in [7, 11) is -3.32. The third-order valence-corrected chi connectivity index (χ3v) is 1.83. The predicted molar refractivity (Wildman–Crippen MR) is 35.9 cm³/mol. The van der Waals surface area contributed by atoms with Crippen LogP contribution in [0.2, 0.25) is 0 Å². The van der Waals surface area contributed by atoms with E-state index in [-0.39, 0.29) is 5.69 Å². The highest BCUT2D eigenvalue weighted by molar-refractivity contribution is 7.86. The molecule has 0 bridgehead atoms. The van der Waals surface area contributed by atoms with Gasteiger partial charge in [0, 0.05) is 13.2 Å². The second kappa shape index (κ2) is 2.19. The molecule has 0 aliphatic heterocycles. The Morgan fingerprint density at radius 2 is 2.27 bits per heavy atom. The minimum Gasteiger partial charge on any atom is -0.395 e. The maximum absolute atomic E-state index is 12.2. The first-order chi connectivity index (χ1) is 4.91. The SMILES string of the molecule is Cn1cc(N)c(S(=O)(=O)F)n1. The van der Waals surface area contributed by atoms with E-state index in [1.165, 1.54) is 13.2 Å². The van der Waals surface area contributed by atoms with Gasteiger partial charge in [0.25, 0.3) is 0 Å². The molecule has 0 unspecified atom stereocenters. The van der Waals surface area contributed by atoms with Crippen molar-refractivity contribution >= 4 is 15.9 Å². The van der Waals surface area contributed by atoms with E-state index in [0.29, 0.717) is 0 Å². The molecule has 0 aliphatic carbocycles. The van der Waals surface area contributed by atoms with E-state index in [1.807, 2.05) is 0 Å². The Labute approximate surface area is 62.8 Å². The number of nitrogen functional groups attached to an aromatic ring is 1. The Kier molecular flexibility index (Phi) is 1.59. The lowest BCUT2D eigenvalue weighted by Crippen LogP contribution is -1.98. The summed E-state index contributed by atoms with van der Waals surface area (Å²) in [4.78, 5) is 0. The number of hydrogen-bond acceptors (Lipinski definition) is 4. The summed E-state index contributed by atoms with van der Waals surface area (Å²) < 4.78 is 33.8. The van der Waals surface area contributed by atoms with Crippen LogP contribution in [0.1, 0.15) is 0 Å². The zero-order valence-corrected chi connectivity index (χ0v) is 6.47. The lowest BCUT2D eigenvalue weighted by atomic mass is 10.6. The molecular weight excluding hydrogens is 173 g/mol. The van der Waals surface area contributed by atoms with Crippen molar-refractivity contribution in [3.8, 4) is 0 Å². The van der Waals surface area contributed by atoms with Crippen LogP contribution in [0.4, 0.5) is 9.57 Å². The number of rotatable bonds is 1. The van der Waals surface area contributed by atoms with Crippen molar-refractivity contribution in [2.24, 2.45) is 7.05 Å². The van der Waals surface area contributed by atoms with E-state index >= 15 is 0 Å². The third kappa shape index (κ3) is 1.48. The van der Waals surface area contributed by atoms with Gasteiger partial charge in [0.1, 0.15) is 0 Å². The highest BCUT2D eigenvalue weighted by Crippen LogP contribution is 2.16. The summed E-state index contributed by atoms with van der Waals surface area (Å²) in [5.41, 5.74) is 4.94. The van der Waals surface area contributed by atoms with Crippen LogP contribution >= 0.6 is 0 Å². The van der Waals surface area contributed by atoms with Gasteiger partial charge in [0.05, 0.1) is 5.69 Å². The smallest absolute Gasteiger partial charge is 0.353 e. The highest BCUT2D eigenvalue weighted by Gasteiger charge is 2.19. The van der Waals surface area contributed by atoms with Gasteiger partial charge in [-0.2, -0.15) is 13.5 Å². The normalized spacial score (nSPS) is 11.8. The van der Waals surface area contributed by atoms with Gasteiger partial charge in [-0.3, -0.25) is 4.68 Å². The van der Waals surface area contributed by atoms with Crippen LogP contribution in [0.3, 0.4) is 0 Å². The molecule has 1 aromatic heterocycles. The third-order valence-electron chi connectivity index (χ3n) is 1.05. The molecule has 62 valence electrons. The van der Waals surface area contributed by atoms with Crippen molar-refractivity contribution in [1.82, 2.24) is 9.78 Å². The van der Waals surface area contributed by atoms with Crippen molar-refractivity contribution in [3.63, 3.8) is 0 Å². The summed E-state index contributed by atoms with van der Waals surface area (Å²) in [5.74, 6) is 0. The molecule has 0 aromatic carbocycles. The fourth-order valence-corrected chi connectivity index (χ4v) is 1.24. The molecule has 5 nitrogen and oxygen atoms in total. The summed E-state index contributed by atoms with van der Waals surface area (Å²) >= 11 is 0. The number of aryl methyl sites for hydroxylation is 1. The number of anilines is 1. The van der Waals surface area contributed by atoms with Crippen LogP contribution in [0.15, 0.2) is 11.2 Å². The molecule has 11 heavy (non-hydrogen) atoms. The lowest BCUT2D eigenvalue weighted by Gasteiger charge is -1.86. The van der Waals surface area contributed by atoms with Crippen molar-refractivity contribution < 1.29 is 12.3 Å². The fraction of sp³-hybridized carbons (Fsp3) is 0.250. The lowest BCUT2D eigenvalue weighted by molar-refractivity contribution is 0.544. The first-order valence-corrected chi connectivity index (χ1v) is 4.03. The van der Waals surface area contributed by atoms with E-state index in [2.05, 4.69) is 5.10 Å². The number of hydrogen-bond donors (Lipinski definition) is 1. The van der Waals surface area contributed by atoms with Gasteiger partial charge in [-0.05, 0) is 0 Å². The van der Waals surface area contributed by atoms with Crippen LogP contribution in [0.25, 0.3) is 0 Å². The Balaban J connectivity index is 3.36. The Hall–Kier alpha value is -1.11. The van der Waals surface area contributed by atoms with Crippen molar-refractivity contribution in [2.45, 2.75) is 5.03 Å². The average Bonchev–Trinajstić information content (AvgIpc) is 2.08. The molecule has 1 heterocycles. The van der Waals surface area contributed by atoms with Gasteiger partial charge in [-0.15, -0.1) is 0 Å². The second-order valence-corrected chi connectivity index (χ2v) is 3.26. The van der Waals surface area contributed by atoms with Crippen molar-refractivity contribution in [3.05, 3.63) is 6.20 Å². The van der Waals surface area contributed by atoms with Crippen molar-refractivity contribution in [2.75, 3.05) is 5.73 Å². The summed E-state index contributed by atoms with van der Waals surface area (Å²) in [6.07, 6.45) is 1.21. The summed E-state index contributed by atoms with van der Waals surface area (Å²) in [6, 6.07) is 0. The molecule has 0 saturated heterocycles. The van der Waals surface area contributed by atoms with E-state index in [1.54, 1.807) is 0 Å². The van der Waals surface area contributed by atoms with Gasteiger partial charge < -0.3 is 5.73 Å². The molecule has 0 aliphatic rings. The zero-order valence-electron chi connectivity index (χ0n) is 5.65. The molecule has 7 heteroatoms. The maximum atomic E-state index is 12.2. The molecule has 0 spiro atoms. The Bertz CT molecular complexity index is 369. The molecule has 1 aromatic rings. The zero-order chi connectivity index (χ0) is 8.65. The van der Waals surface area contributed by atoms with Gasteiger partial charge in [0.2, 0.25) is 5.03 Å². The van der Waals surface area contributed by atoms with Gasteiger partial charge in [-0.25, -0.2) is 0 Å². The maximum Gasteiger partial charge on any atom is 0.353 e. The highest BCUT2D eigenvalue weighted by atomic mass is 32.3. The van der Waals surface area contributed by atoms with Gasteiger partial charge in [0.15, 0.2) is 0 Å². The van der Waals surface area contributed by atoms with Crippen LogP contribution in [0, 0.1) is 0 Å². The van der Waals surface area contributed by atoms with E-state index in [4.69, 9.17) is 5.73 Å². The molecule has 1 rings (SSSR count). The molecular formula is C4H6FN3O2S. The van der Waals surface area contributed by atoms with Crippen LogP contribution in [0.5, 0.6) is 0 Å². The van der Waals surface area contributed by atoms with Crippen LogP contribution in [-0.2, 0) is 17.3 Å². The summed E-state index contributed by atoms with van der Waals surface area (Å²) in [6.45, 7) is 0. The second-order valence-electron chi connectivity index (χ2n) is 2.00. The molecule has 0 radical (unpaired) electrons. The predicted octanol–water partition coefficient (Wildman–Crippen LogP) is -0.339. The first-order valence-electron chi connectivity index (χ1n) is 2.65. The number of aromatic nitrogens is 2. The molecule has 0 amide bonds. The van der Waals surface area contributed by atoms with E-state index in [9.17, 15) is 12.3 Å². The molecule has 0 fully saturated rings. The minimum absolute atomic E-state index is 0.185. The average molecular weight is 179 g/mol. The Morgan fingerprint density at radius 3 is 2.45 bits per heavy atom. The minimum atomic E-state index is -4.77. The summed E-state index contributed by atoms with van der Waals surface area (Å²) in [5, 5.41) is 2.59. The van der Waals surface area contributed by atoms with Crippen LogP contribution < -0.4 is 5.73 Å². The first kappa shape index (κ1) is 7.99. The fourth-order valence-electron chi connectivity index (χ4n) is 0.676. The Morgan fingerprint density at radius 1 is 1.73 bits per heavy atom. The number of halogens is 1.